The zero-order valence-corrected chi connectivity index (χ0v) is 12.4. The lowest BCUT2D eigenvalue weighted by molar-refractivity contribution is -0.130. The molecule has 112 valence electrons. The van der Waals surface area contributed by atoms with Crippen LogP contribution in [0, 0.1) is 6.92 Å². The number of nitrogens with one attached hydrogen (secondary N) is 2. The highest BCUT2D eigenvalue weighted by Crippen LogP contribution is 2.19. The van der Waals surface area contributed by atoms with Crippen molar-refractivity contribution in [2.24, 2.45) is 7.05 Å². The van der Waals surface area contributed by atoms with Crippen molar-refractivity contribution in [3.05, 3.63) is 18.0 Å². The molecule has 0 aromatic carbocycles. The van der Waals surface area contributed by atoms with Crippen LogP contribution in [0.5, 0.6) is 0 Å². The third-order valence-corrected chi connectivity index (χ3v) is 3.70. The fourth-order valence-corrected chi connectivity index (χ4v) is 2.39. The SMILES string of the molecule is Cc1nn(C)c2ncc(NC(=O)COC3(C)CNC3)cc12. The topological polar surface area (TPSA) is 81.1 Å². The average Bonchev–Trinajstić information content (AvgIpc) is 2.69. The van der Waals surface area contributed by atoms with Gasteiger partial charge in [0.1, 0.15) is 6.61 Å². The molecule has 0 spiro atoms. The van der Waals surface area contributed by atoms with Gasteiger partial charge in [0.15, 0.2) is 5.65 Å². The Morgan fingerprint density at radius 3 is 3.00 bits per heavy atom. The third kappa shape index (κ3) is 2.74. The lowest BCUT2D eigenvalue weighted by Gasteiger charge is -2.38. The summed E-state index contributed by atoms with van der Waals surface area (Å²) < 4.78 is 7.33. The largest absolute Gasteiger partial charge is 0.363 e. The van der Waals surface area contributed by atoms with Crippen molar-refractivity contribution in [1.29, 1.82) is 0 Å². The average molecular weight is 289 g/mol. The van der Waals surface area contributed by atoms with Crippen molar-refractivity contribution in [3.8, 4) is 0 Å². The number of fused-ring (bicyclic) bond motifs is 1. The quantitative estimate of drug-likeness (QED) is 0.861. The van der Waals surface area contributed by atoms with E-state index in [0.29, 0.717) is 5.69 Å². The number of rotatable bonds is 4. The van der Waals surface area contributed by atoms with Gasteiger partial charge < -0.3 is 15.4 Å². The fourth-order valence-electron chi connectivity index (χ4n) is 2.39. The molecule has 3 rings (SSSR count). The van der Waals surface area contributed by atoms with Crippen LogP contribution in [0.1, 0.15) is 12.6 Å². The van der Waals surface area contributed by atoms with Crippen molar-refractivity contribution in [3.63, 3.8) is 0 Å². The summed E-state index contributed by atoms with van der Waals surface area (Å²) in [7, 11) is 1.85. The van der Waals surface area contributed by atoms with Crippen LogP contribution in [0.25, 0.3) is 11.0 Å². The Balaban J connectivity index is 1.66. The van der Waals surface area contributed by atoms with Crippen molar-refractivity contribution >= 4 is 22.6 Å². The van der Waals surface area contributed by atoms with Gasteiger partial charge in [-0.25, -0.2) is 4.98 Å². The number of nitrogens with zero attached hydrogens (tertiary/aromatic N) is 3. The summed E-state index contributed by atoms with van der Waals surface area (Å²) >= 11 is 0. The number of hydrogen-bond acceptors (Lipinski definition) is 5. The van der Waals surface area contributed by atoms with Crippen LogP contribution < -0.4 is 10.6 Å². The Kier molecular flexibility index (Phi) is 3.38. The number of aryl methyl sites for hydroxylation is 2. The molecule has 1 amide bonds. The first-order chi connectivity index (χ1) is 9.97. The van der Waals surface area contributed by atoms with Gasteiger partial charge in [-0.15, -0.1) is 0 Å². The first kappa shape index (κ1) is 14.0. The van der Waals surface area contributed by atoms with Crippen molar-refractivity contribution in [2.75, 3.05) is 25.0 Å². The lowest BCUT2D eigenvalue weighted by Crippen LogP contribution is -2.59. The van der Waals surface area contributed by atoms with Crippen molar-refractivity contribution in [1.82, 2.24) is 20.1 Å². The van der Waals surface area contributed by atoms with E-state index in [4.69, 9.17) is 4.74 Å². The Bertz CT molecular complexity index is 690. The minimum absolute atomic E-state index is 0.0439. The van der Waals surface area contributed by atoms with Gasteiger partial charge in [-0.05, 0) is 19.9 Å². The predicted octanol–water partition coefficient (Wildman–Crippen LogP) is 0.594. The van der Waals surface area contributed by atoms with Gasteiger partial charge in [-0.3, -0.25) is 9.48 Å². The molecule has 7 heteroatoms. The first-order valence-corrected chi connectivity index (χ1v) is 6.91. The van der Waals surface area contributed by atoms with Crippen molar-refractivity contribution < 1.29 is 9.53 Å². The number of pyridine rings is 1. The zero-order chi connectivity index (χ0) is 15.0. The molecule has 0 bridgehead atoms. The minimum atomic E-state index is -0.223. The number of carbonyl (C=O) groups excluding carboxylic acids is 1. The molecular formula is C14H19N5O2. The Morgan fingerprint density at radius 2 is 2.33 bits per heavy atom. The van der Waals surface area contributed by atoms with Gasteiger partial charge in [0, 0.05) is 25.5 Å². The number of carbonyl (C=O) groups is 1. The van der Waals surface area contributed by atoms with E-state index in [0.717, 1.165) is 29.8 Å². The molecule has 0 aliphatic carbocycles. The van der Waals surface area contributed by atoms with Crippen LogP contribution in [-0.2, 0) is 16.6 Å². The predicted molar refractivity (Wildman–Crippen MR) is 79.1 cm³/mol. The normalized spacial score (nSPS) is 16.7. The fraction of sp³-hybridized carbons (Fsp3) is 0.500. The van der Waals surface area contributed by atoms with E-state index in [2.05, 4.69) is 20.7 Å². The molecule has 3 heterocycles. The van der Waals surface area contributed by atoms with Gasteiger partial charge in [0.2, 0.25) is 5.91 Å². The highest BCUT2D eigenvalue weighted by atomic mass is 16.5. The Labute approximate surface area is 122 Å². The molecule has 1 aliphatic rings. The monoisotopic (exact) mass is 289 g/mol. The molecule has 1 saturated heterocycles. The summed E-state index contributed by atoms with van der Waals surface area (Å²) in [5.41, 5.74) is 2.12. The van der Waals surface area contributed by atoms with E-state index in [-0.39, 0.29) is 18.1 Å². The third-order valence-electron chi connectivity index (χ3n) is 3.70. The molecule has 1 aliphatic heterocycles. The highest BCUT2D eigenvalue weighted by molar-refractivity contribution is 5.93. The maximum absolute atomic E-state index is 11.9. The van der Waals surface area contributed by atoms with Gasteiger partial charge in [-0.1, -0.05) is 0 Å². The molecule has 21 heavy (non-hydrogen) atoms. The molecule has 1 fully saturated rings. The van der Waals surface area contributed by atoms with Crippen LogP contribution in [0.3, 0.4) is 0 Å². The standard InChI is InChI=1S/C14H19N5O2/c1-9-11-4-10(5-16-13(11)19(3)18-9)17-12(20)6-21-14(2)7-15-8-14/h4-5,15H,6-8H2,1-3H3,(H,17,20). The van der Waals surface area contributed by atoms with Crippen LogP contribution in [0.4, 0.5) is 5.69 Å². The highest BCUT2D eigenvalue weighted by Gasteiger charge is 2.33. The number of ether oxygens (including phenoxy) is 1. The number of aromatic nitrogens is 3. The van der Waals surface area contributed by atoms with E-state index in [9.17, 15) is 4.79 Å². The maximum atomic E-state index is 11.9. The van der Waals surface area contributed by atoms with Gasteiger partial charge in [0.25, 0.3) is 0 Å². The second-order valence-electron chi connectivity index (χ2n) is 5.69. The summed E-state index contributed by atoms with van der Waals surface area (Å²) in [5, 5.41) is 11.2. The summed E-state index contributed by atoms with van der Waals surface area (Å²) in [6.45, 7) is 5.51. The van der Waals surface area contributed by atoms with Gasteiger partial charge in [0.05, 0.1) is 23.2 Å². The number of amides is 1. The van der Waals surface area contributed by atoms with E-state index in [1.807, 2.05) is 27.0 Å². The van der Waals surface area contributed by atoms with E-state index < -0.39 is 0 Å². The summed E-state index contributed by atoms with van der Waals surface area (Å²) in [6, 6.07) is 1.88. The Morgan fingerprint density at radius 1 is 1.57 bits per heavy atom. The Hall–Kier alpha value is -1.99. The van der Waals surface area contributed by atoms with Crippen LogP contribution in [0.2, 0.25) is 0 Å². The van der Waals surface area contributed by atoms with Crippen LogP contribution in [0.15, 0.2) is 12.3 Å². The first-order valence-electron chi connectivity index (χ1n) is 6.91. The van der Waals surface area contributed by atoms with Crippen LogP contribution >= 0.6 is 0 Å². The summed E-state index contributed by atoms with van der Waals surface area (Å²) in [4.78, 5) is 16.2. The van der Waals surface area contributed by atoms with Crippen LogP contribution in [-0.4, -0.2) is 46.0 Å². The lowest BCUT2D eigenvalue weighted by atomic mass is 10.0. The maximum Gasteiger partial charge on any atom is 0.250 e. The number of anilines is 1. The number of hydrogen-bond donors (Lipinski definition) is 2. The smallest absolute Gasteiger partial charge is 0.250 e. The van der Waals surface area contributed by atoms with Gasteiger partial charge >= 0.3 is 0 Å². The second kappa shape index (κ2) is 5.09. The molecule has 2 aromatic rings. The molecular weight excluding hydrogens is 270 g/mol. The van der Waals surface area contributed by atoms with E-state index in [1.54, 1.807) is 10.9 Å². The molecule has 2 aromatic heterocycles. The molecule has 0 atom stereocenters. The molecule has 0 unspecified atom stereocenters. The van der Waals surface area contributed by atoms with Gasteiger partial charge in [-0.2, -0.15) is 5.10 Å². The molecule has 2 N–H and O–H groups in total. The molecule has 7 nitrogen and oxygen atoms in total. The minimum Gasteiger partial charge on any atom is -0.363 e. The molecule has 0 saturated carbocycles. The summed E-state index contributed by atoms with van der Waals surface area (Å²) in [6.07, 6.45) is 1.63. The second-order valence-corrected chi connectivity index (χ2v) is 5.69. The summed E-state index contributed by atoms with van der Waals surface area (Å²) in [5.74, 6) is -0.175. The van der Waals surface area contributed by atoms with E-state index >= 15 is 0 Å². The van der Waals surface area contributed by atoms with E-state index in [1.165, 1.54) is 0 Å². The zero-order valence-electron chi connectivity index (χ0n) is 12.4. The molecule has 0 radical (unpaired) electrons. The van der Waals surface area contributed by atoms with Crippen molar-refractivity contribution in [2.45, 2.75) is 19.4 Å².